The Labute approximate surface area is 192 Å². The maximum atomic E-state index is 12.6. The largest absolute Gasteiger partial charge is 0.493 e. The number of thiocarbonyl (C=S) groups is 1. The maximum Gasteiger partial charge on any atom is 0.266 e. The van der Waals surface area contributed by atoms with E-state index in [-0.39, 0.29) is 5.91 Å². The zero-order valence-corrected chi connectivity index (χ0v) is 19.4. The lowest BCUT2D eigenvalue weighted by atomic mass is 10.1. The summed E-state index contributed by atoms with van der Waals surface area (Å²) in [5, 5.41) is 0. The monoisotopic (exact) mass is 459 g/mol. The Morgan fingerprint density at radius 1 is 0.968 bits per heavy atom. The highest BCUT2D eigenvalue weighted by atomic mass is 32.2. The van der Waals surface area contributed by atoms with Crippen molar-refractivity contribution in [1.29, 1.82) is 0 Å². The Hall–Kier alpha value is -2.71. The van der Waals surface area contributed by atoms with Gasteiger partial charge in [0.15, 0.2) is 23.0 Å². The average molecular weight is 460 g/mol. The maximum absolute atomic E-state index is 12.6. The van der Waals surface area contributed by atoms with Gasteiger partial charge in [-0.15, -0.1) is 0 Å². The number of thioether (sulfide) groups is 1. The van der Waals surface area contributed by atoms with Gasteiger partial charge in [0.25, 0.3) is 5.91 Å². The Balaban J connectivity index is 1.66. The highest BCUT2D eigenvalue weighted by molar-refractivity contribution is 8.26. The van der Waals surface area contributed by atoms with Crippen LogP contribution in [0.5, 0.6) is 23.0 Å². The number of likely N-dealkylation sites (N-methyl/N-ethyl adjacent to an activating group) is 1. The smallest absolute Gasteiger partial charge is 0.266 e. The van der Waals surface area contributed by atoms with E-state index in [0.717, 1.165) is 5.56 Å². The Kier molecular flexibility index (Phi) is 8.20. The fourth-order valence-electron chi connectivity index (χ4n) is 3.03. The predicted octanol–water partition coefficient (Wildman–Crippen LogP) is 4.77. The number of amides is 1. The van der Waals surface area contributed by atoms with Crippen molar-refractivity contribution in [3.63, 3.8) is 0 Å². The molecule has 0 atom stereocenters. The molecule has 1 saturated heterocycles. The van der Waals surface area contributed by atoms with Crippen molar-refractivity contribution < 1.29 is 23.7 Å². The van der Waals surface area contributed by atoms with Crippen molar-refractivity contribution in [1.82, 2.24) is 4.90 Å². The molecule has 0 aromatic heterocycles. The molecule has 1 heterocycles. The predicted molar refractivity (Wildman–Crippen MR) is 127 cm³/mol. The highest BCUT2D eigenvalue weighted by Gasteiger charge is 2.31. The summed E-state index contributed by atoms with van der Waals surface area (Å²) in [6.07, 6.45) is 2.46. The van der Waals surface area contributed by atoms with Gasteiger partial charge in [0, 0.05) is 18.5 Å². The highest BCUT2D eigenvalue weighted by Crippen LogP contribution is 2.37. The molecule has 0 aliphatic carbocycles. The molecule has 2 aromatic carbocycles. The minimum Gasteiger partial charge on any atom is -0.493 e. The van der Waals surface area contributed by atoms with Gasteiger partial charge < -0.3 is 18.9 Å². The normalized spacial score (nSPS) is 14.8. The van der Waals surface area contributed by atoms with Gasteiger partial charge in [-0.05, 0) is 31.2 Å². The third-order valence-electron chi connectivity index (χ3n) is 4.57. The lowest BCUT2D eigenvalue weighted by molar-refractivity contribution is -0.121. The molecule has 31 heavy (non-hydrogen) atoms. The van der Waals surface area contributed by atoms with Gasteiger partial charge in [-0.1, -0.05) is 48.2 Å². The van der Waals surface area contributed by atoms with E-state index >= 15 is 0 Å². The lowest BCUT2D eigenvalue weighted by Crippen LogP contribution is -2.27. The summed E-state index contributed by atoms with van der Waals surface area (Å²) in [5.74, 6) is 2.49. The van der Waals surface area contributed by atoms with Crippen LogP contribution < -0.4 is 18.9 Å². The molecule has 8 heteroatoms. The van der Waals surface area contributed by atoms with E-state index in [4.69, 9.17) is 31.2 Å². The summed E-state index contributed by atoms with van der Waals surface area (Å²) in [7, 11) is 3.20. The molecule has 1 fully saturated rings. The van der Waals surface area contributed by atoms with E-state index in [2.05, 4.69) is 0 Å². The number of methoxy groups -OCH3 is 2. The molecule has 3 rings (SSSR count). The topological polar surface area (TPSA) is 57.2 Å². The first-order valence-corrected chi connectivity index (χ1v) is 11.1. The summed E-state index contributed by atoms with van der Waals surface area (Å²) in [5.41, 5.74) is 0.765. The first-order chi connectivity index (χ1) is 15.1. The minimum atomic E-state index is -0.0866. The van der Waals surface area contributed by atoms with Crippen LogP contribution in [0.3, 0.4) is 0 Å². The number of ether oxygens (including phenoxy) is 4. The van der Waals surface area contributed by atoms with Gasteiger partial charge in [-0.25, -0.2) is 0 Å². The van der Waals surface area contributed by atoms with Crippen LogP contribution in [0.15, 0.2) is 47.4 Å². The quantitative estimate of drug-likeness (QED) is 0.288. The van der Waals surface area contributed by atoms with Crippen LogP contribution in [0.4, 0.5) is 0 Å². The number of hydrogen-bond acceptors (Lipinski definition) is 7. The van der Waals surface area contributed by atoms with Gasteiger partial charge in [-0.3, -0.25) is 9.69 Å². The summed E-state index contributed by atoms with van der Waals surface area (Å²) in [6, 6.07) is 13.1. The molecule has 0 spiro atoms. The average Bonchev–Trinajstić information content (AvgIpc) is 3.06. The van der Waals surface area contributed by atoms with Crippen molar-refractivity contribution in [3.8, 4) is 23.0 Å². The van der Waals surface area contributed by atoms with Crippen molar-refractivity contribution in [2.45, 2.75) is 13.3 Å². The molecule has 0 saturated carbocycles. The molecule has 1 amide bonds. The fourth-order valence-corrected chi connectivity index (χ4v) is 4.40. The second-order valence-electron chi connectivity index (χ2n) is 6.51. The van der Waals surface area contributed by atoms with E-state index in [1.807, 2.05) is 49.4 Å². The standard InChI is InChI=1S/C23H25NO5S2/c1-4-24-22(25)20(31-23(24)30)15-16-9-7-12-19(27-3)21(16)29-14-8-13-28-18-11-6-5-10-17(18)26-2/h5-7,9-12,15H,4,8,13-14H2,1-3H3. The minimum absolute atomic E-state index is 0.0866. The SMILES string of the molecule is CCN1C(=O)C(=Cc2cccc(OC)c2OCCCOc2ccccc2OC)SC1=S. The summed E-state index contributed by atoms with van der Waals surface area (Å²) in [4.78, 5) is 14.7. The Bertz CT molecular complexity index is 976. The number of carbonyl (C=O) groups excluding carboxylic acids is 1. The second-order valence-corrected chi connectivity index (χ2v) is 8.18. The van der Waals surface area contributed by atoms with Crippen LogP contribution in [0.25, 0.3) is 6.08 Å². The van der Waals surface area contributed by atoms with E-state index in [9.17, 15) is 4.79 Å². The third-order valence-corrected chi connectivity index (χ3v) is 5.95. The molecule has 0 bridgehead atoms. The molecule has 6 nitrogen and oxygen atoms in total. The van der Waals surface area contributed by atoms with Crippen LogP contribution in [-0.4, -0.2) is 49.1 Å². The molecule has 0 N–H and O–H groups in total. The Morgan fingerprint density at radius 2 is 1.65 bits per heavy atom. The van der Waals surface area contributed by atoms with Gasteiger partial charge >= 0.3 is 0 Å². The number of carbonyl (C=O) groups is 1. The zero-order chi connectivity index (χ0) is 22.2. The van der Waals surface area contributed by atoms with Gasteiger partial charge in [0.1, 0.15) is 4.32 Å². The third kappa shape index (κ3) is 5.51. The van der Waals surface area contributed by atoms with Crippen molar-refractivity contribution in [2.24, 2.45) is 0 Å². The Morgan fingerprint density at radius 3 is 2.32 bits per heavy atom. The molecule has 1 aliphatic heterocycles. The molecule has 1 aliphatic rings. The first-order valence-electron chi connectivity index (χ1n) is 9.90. The summed E-state index contributed by atoms with van der Waals surface area (Å²) in [6.45, 7) is 3.35. The molecular weight excluding hydrogens is 434 g/mol. The number of hydrogen-bond donors (Lipinski definition) is 0. The summed E-state index contributed by atoms with van der Waals surface area (Å²) >= 11 is 6.59. The second kappa shape index (κ2) is 11.1. The number of para-hydroxylation sites is 3. The number of benzene rings is 2. The first kappa shape index (κ1) is 23.0. The van der Waals surface area contributed by atoms with E-state index < -0.39 is 0 Å². The molecule has 2 aromatic rings. The lowest BCUT2D eigenvalue weighted by Gasteiger charge is -2.14. The molecular formula is C23H25NO5S2. The van der Waals surface area contributed by atoms with Gasteiger partial charge in [0.2, 0.25) is 0 Å². The molecule has 0 unspecified atom stereocenters. The van der Waals surface area contributed by atoms with Crippen LogP contribution >= 0.6 is 24.0 Å². The van der Waals surface area contributed by atoms with Crippen molar-refractivity contribution in [2.75, 3.05) is 34.0 Å². The van der Waals surface area contributed by atoms with E-state index in [1.54, 1.807) is 25.2 Å². The van der Waals surface area contributed by atoms with Gasteiger partial charge in [0.05, 0.1) is 32.3 Å². The van der Waals surface area contributed by atoms with Gasteiger partial charge in [-0.2, -0.15) is 0 Å². The van der Waals surface area contributed by atoms with Crippen LogP contribution in [0, 0.1) is 0 Å². The van der Waals surface area contributed by atoms with Crippen LogP contribution in [0.2, 0.25) is 0 Å². The summed E-state index contributed by atoms with van der Waals surface area (Å²) < 4.78 is 23.2. The van der Waals surface area contributed by atoms with Crippen LogP contribution in [-0.2, 0) is 4.79 Å². The van der Waals surface area contributed by atoms with Crippen molar-refractivity contribution in [3.05, 3.63) is 52.9 Å². The number of nitrogens with zero attached hydrogens (tertiary/aromatic N) is 1. The van der Waals surface area contributed by atoms with Crippen molar-refractivity contribution >= 4 is 40.3 Å². The van der Waals surface area contributed by atoms with Crippen LogP contribution in [0.1, 0.15) is 18.9 Å². The van der Waals surface area contributed by atoms with E-state index in [1.165, 1.54) is 11.8 Å². The molecule has 164 valence electrons. The molecule has 0 radical (unpaired) electrons. The fraction of sp³-hybridized carbons (Fsp3) is 0.304. The van der Waals surface area contributed by atoms with E-state index in [0.29, 0.717) is 58.4 Å². The number of rotatable bonds is 10. The zero-order valence-electron chi connectivity index (χ0n) is 17.8.